The third kappa shape index (κ3) is 3.59. The fourth-order valence-electron chi connectivity index (χ4n) is 2.33. The number of hydrogen-bond acceptors (Lipinski definition) is 2. The number of carbonyl (C=O) groups is 2. The Kier molecular flexibility index (Phi) is 4.60. The number of rotatable bonds is 4. The van der Waals surface area contributed by atoms with Crippen molar-refractivity contribution in [2.45, 2.75) is 26.2 Å². The number of amides is 2. The molecule has 0 aliphatic carbocycles. The third-order valence-corrected chi connectivity index (χ3v) is 3.45. The van der Waals surface area contributed by atoms with E-state index in [9.17, 15) is 9.59 Å². The molecule has 1 aliphatic heterocycles. The molecule has 1 fully saturated rings. The van der Waals surface area contributed by atoms with Gasteiger partial charge in [0.2, 0.25) is 11.8 Å². The van der Waals surface area contributed by atoms with Gasteiger partial charge in [-0.2, -0.15) is 0 Å². The number of hydrogen-bond donors (Lipinski definition) is 1. The van der Waals surface area contributed by atoms with Crippen molar-refractivity contribution in [2.75, 3.05) is 26.2 Å². The van der Waals surface area contributed by atoms with Crippen molar-refractivity contribution >= 4 is 11.8 Å². The van der Waals surface area contributed by atoms with Gasteiger partial charge in [-0.25, -0.2) is 0 Å². The smallest absolute Gasteiger partial charge is 0.228 e. The molecule has 0 radical (unpaired) electrons. The van der Waals surface area contributed by atoms with Crippen LogP contribution in [0.2, 0.25) is 0 Å². The molecule has 1 aromatic rings. The highest BCUT2D eigenvalue weighted by Gasteiger charge is 2.23. The van der Waals surface area contributed by atoms with Crippen LogP contribution < -0.4 is 0 Å². The van der Waals surface area contributed by atoms with Crippen LogP contribution in [-0.2, 0) is 16.0 Å². The van der Waals surface area contributed by atoms with E-state index in [4.69, 9.17) is 0 Å². The van der Waals surface area contributed by atoms with Gasteiger partial charge in [0, 0.05) is 44.5 Å². The summed E-state index contributed by atoms with van der Waals surface area (Å²) in [6.07, 6.45) is 3.72. The van der Waals surface area contributed by atoms with Crippen molar-refractivity contribution in [2.24, 2.45) is 0 Å². The first-order chi connectivity index (χ1) is 9.20. The van der Waals surface area contributed by atoms with Crippen molar-refractivity contribution in [1.29, 1.82) is 0 Å². The first kappa shape index (κ1) is 13.6. The molecule has 5 heteroatoms. The number of H-pyrrole nitrogens is 1. The number of nitrogens with one attached hydrogen (secondary N) is 1. The van der Waals surface area contributed by atoms with E-state index in [2.05, 4.69) is 4.98 Å². The van der Waals surface area contributed by atoms with Crippen LogP contribution in [0.3, 0.4) is 0 Å². The largest absolute Gasteiger partial charge is 0.365 e. The molecule has 19 heavy (non-hydrogen) atoms. The van der Waals surface area contributed by atoms with Gasteiger partial charge < -0.3 is 14.8 Å². The molecule has 1 saturated heterocycles. The van der Waals surface area contributed by atoms with Gasteiger partial charge >= 0.3 is 0 Å². The van der Waals surface area contributed by atoms with Crippen LogP contribution in [0.4, 0.5) is 0 Å². The van der Waals surface area contributed by atoms with E-state index < -0.39 is 0 Å². The highest BCUT2D eigenvalue weighted by molar-refractivity contribution is 5.79. The summed E-state index contributed by atoms with van der Waals surface area (Å²) in [4.78, 5) is 30.6. The monoisotopic (exact) mass is 263 g/mol. The molecule has 0 unspecified atom stereocenters. The van der Waals surface area contributed by atoms with Gasteiger partial charge in [0.05, 0.1) is 6.42 Å². The van der Waals surface area contributed by atoms with Crippen LogP contribution in [0.1, 0.15) is 25.5 Å². The molecule has 0 spiro atoms. The Morgan fingerprint density at radius 1 is 1.16 bits per heavy atom. The van der Waals surface area contributed by atoms with Crippen LogP contribution >= 0.6 is 0 Å². The SMILES string of the molecule is CCCC(=O)N1CCN(C(=O)Cc2ccc[nH]2)CC1. The van der Waals surface area contributed by atoms with E-state index in [1.165, 1.54) is 0 Å². The van der Waals surface area contributed by atoms with Gasteiger partial charge in [0.15, 0.2) is 0 Å². The van der Waals surface area contributed by atoms with Gasteiger partial charge in [-0.3, -0.25) is 9.59 Å². The second-order valence-electron chi connectivity index (χ2n) is 4.88. The summed E-state index contributed by atoms with van der Waals surface area (Å²) in [6.45, 7) is 4.63. The zero-order chi connectivity index (χ0) is 13.7. The molecule has 2 rings (SSSR count). The Morgan fingerprint density at radius 2 is 1.79 bits per heavy atom. The Morgan fingerprint density at radius 3 is 2.32 bits per heavy atom. The Labute approximate surface area is 113 Å². The third-order valence-electron chi connectivity index (χ3n) is 3.45. The highest BCUT2D eigenvalue weighted by atomic mass is 16.2. The number of aromatic nitrogens is 1. The molecule has 2 heterocycles. The van der Waals surface area contributed by atoms with Crippen molar-refractivity contribution < 1.29 is 9.59 Å². The lowest BCUT2D eigenvalue weighted by Gasteiger charge is -2.34. The fraction of sp³-hybridized carbons (Fsp3) is 0.571. The normalized spacial score (nSPS) is 15.6. The number of nitrogens with zero attached hydrogens (tertiary/aromatic N) is 2. The van der Waals surface area contributed by atoms with Crippen LogP contribution in [0.5, 0.6) is 0 Å². The van der Waals surface area contributed by atoms with E-state index in [0.29, 0.717) is 39.0 Å². The molecule has 104 valence electrons. The standard InChI is InChI=1S/C14H21N3O2/c1-2-4-13(18)16-7-9-17(10-8-16)14(19)11-12-5-3-6-15-12/h3,5-6,15H,2,4,7-11H2,1H3. The molecule has 5 nitrogen and oxygen atoms in total. The Hall–Kier alpha value is -1.78. The van der Waals surface area contributed by atoms with E-state index in [0.717, 1.165) is 12.1 Å². The van der Waals surface area contributed by atoms with Crippen LogP contribution in [0, 0.1) is 0 Å². The van der Waals surface area contributed by atoms with Gasteiger partial charge in [0.25, 0.3) is 0 Å². The summed E-state index contributed by atoms with van der Waals surface area (Å²) in [7, 11) is 0. The first-order valence-corrected chi connectivity index (χ1v) is 6.88. The highest BCUT2D eigenvalue weighted by Crippen LogP contribution is 2.07. The molecule has 1 aliphatic rings. The van der Waals surface area contributed by atoms with E-state index in [1.54, 1.807) is 0 Å². The van der Waals surface area contributed by atoms with Crippen molar-refractivity contribution in [3.63, 3.8) is 0 Å². The lowest BCUT2D eigenvalue weighted by Crippen LogP contribution is -2.50. The van der Waals surface area contributed by atoms with Crippen molar-refractivity contribution in [3.05, 3.63) is 24.0 Å². The predicted octanol–water partition coefficient (Wildman–Crippen LogP) is 1.03. The number of carbonyl (C=O) groups excluding carboxylic acids is 2. The minimum Gasteiger partial charge on any atom is -0.365 e. The lowest BCUT2D eigenvalue weighted by atomic mass is 10.2. The second-order valence-corrected chi connectivity index (χ2v) is 4.88. The average Bonchev–Trinajstić information content (AvgIpc) is 2.92. The van der Waals surface area contributed by atoms with Crippen LogP contribution in [-0.4, -0.2) is 52.8 Å². The van der Waals surface area contributed by atoms with Crippen LogP contribution in [0.25, 0.3) is 0 Å². The molecular weight excluding hydrogens is 242 g/mol. The predicted molar refractivity (Wildman–Crippen MR) is 72.6 cm³/mol. The molecule has 0 aromatic carbocycles. The molecule has 1 N–H and O–H groups in total. The minimum absolute atomic E-state index is 0.130. The summed E-state index contributed by atoms with van der Waals surface area (Å²) in [5.41, 5.74) is 0.939. The summed E-state index contributed by atoms with van der Waals surface area (Å²) in [5, 5.41) is 0. The zero-order valence-corrected chi connectivity index (χ0v) is 11.4. The van der Waals surface area contributed by atoms with Gasteiger partial charge in [-0.1, -0.05) is 6.92 Å². The number of aromatic amines is 1. The second kappa shape index (κ2) is 6.41. The molecule has 0 saturated carbocycles. The quantitative estimate of drug-likeness (QED) is 0.882. The summed E-state index contributed by atoms with van der Waals surface area (Å²) < 4.78 is 0. The van der Waals surface area contributed by atoms with Crippen LogP contribution in [0.15, 0.2) is 18.3 Å². The maximum atomic E-state index is 12.1. The molecule has 1 aromatic heterocycles. The van der Waals surface area contributed by atoms with E-state index >= 15 is 0 Å². The zero-order valence-electron chi connectivity index (χ0n) is 11.4. The fourth-order valence-corrected chi connectivity index (χ4v) is 2.33. The Bertz CT molecular complexity index is 420. The summed E-state index contributed by atoms with van der Waals surface area (Å²) >= 11 is 0. The lowest BCUT2D eigenvalue weighted by molar-refractivity contribution is -0.139. The molecule has 2 amide bonds. The maximum Gasteiger partial charge on any atom is 0.228 e. The van der Waals surface area contributed by atoms with Gasteiger partial charge in [0.1, 0.15) is 0 Å². The average molecular weight is 263 g/mol. The van der Waals surface area contributed by atoms with Gasteiger partial charge in [-0.15, -0.1) is 0 Å². The maximum absolute atomic E-state index is 12.1. The first-order valence-electron chi connectivity index (χ1n) is 6.88. The number of piperazine rings is 1. The van der Waals surface area contributed by atoms with E-state index in [-0.39, 0.29) is 11.8 Å². The summed E-state index contributed by atoms with van der Waals surface area (Å²) in [6, 6.07) is 3.81. The minimum atomic E-state index is 0.130. The molecule has 0 atom stereocenters. The Balaban J connectivity index is 1.79. The van der Waals surface area contributed by atoms with Gasteiger partial charge in [-0.05, 0) is 18.6 Å². The molecular formula is C14H21N3O2. The van der Waals surface area contributed by atoms with Crippen molar-refractivity contribution in [3.8, 4) is 0 Å². The summed E-state index contributed by atoms with van der Waals surface area (Å²) in [5.74, 6) is 0.337. The van der Waals surface area contributed by atoms with E-state index in [1.807, 2.05) is 35.1 Å². The van der Waals surface area contributed by atoms with Crippen molar-refractivity contribution in [1.82, 2.24) is 14.8 Å². The molecule has 0 bridgehead atoms. The topological polar surface area (TPSA) is 56.4 Å².